The van der Waals surface area contributed by atoms with E-state index in [1.165, 1.54) is 0 Å². The lowest BCUT2D eigenvalue weighted by Crippen LogP contribution is -2.09. The average Bonchev–Trinajstić information content (AvgIpc) is 3.03. The minimum absolute atomic E-state index is 0.566. The monoisotopic (exact) mass is 293 g/mol. The quantitative estimate of drug-likeness (QED) is 0.760. The summed E-state index contributed by atoms with van der Waals surface area (Å²) in [7, 11) is 0. The van der Waals surface area contributed by atoms with Crippen molar-refractivity contribution in [1.82, 2.24) is 9.78 Å². The van der Waals surface area contributed by atoms with Gasteiger partial charge in [-0.2, -0.15) is 5.10 Å². The van der Waals surface area contributed by atoms with Crippen LogP contribution in [0.5, 0.6) is 5.75 Å². The van der Waals surface area contributed by atoms with Gasteiger partial charge in [0.25, 0.3) is 0 Å². The first-order chi connectivity index (χ1) is 10.8. The van der Waals surface area contributed by atoms with E-state index in [4.69, 9.17) is 10.5 Å². The van der Waals surface area contributed by atoms with Crippen molar-refractivity contribution in [2.24, 2.45) is 5.73 Å². The molecule has 0 unspecified atom stereocenters. The first-order valence-corrected chi connectivity index (χ1v) is 7.35. The van der Waals surface area contributed by atoms with Crippen LogP contribution in [0.2, 0.25) is 0 Å². The molecule has 2 aromatic carbocycles. The molecule has 0 aliphatic heterocycles. The van der Waals surface area contributed by atoms with E-state index in [2.05, 4.69) is 23.3 Å². The number of nitrogens with two attached hydrogens (primary N) is 1. The van der Waals surface area contributed by atoms with Crippen LogP contribution in [-0.4, -0.2) is 16.3 Å². The fourth-order valence-corrected chi connectivity index (χ4v) is 2.27. The zero-order valence-corrected chi connectivity index (χ0v) is 12.4. The van der Waals surface area contributed by atoms with Crippen molar-refractivity contribution in [3.8, 4) is 16.9 Å². The van der Waals surface area contributed by atoms with Gasteiger partial charge < -0.3 is 10.5 Å². The smallest absolute Gasteiger partial charge is 0.120 e. The van der Waals surface area contributed by atoms with Crippen molar-refractivity contribution < 1.29 is 4.74 Å². The van der Waals surface area contributed by atoms with Crippen LogP contribution >= 0.6 is 0 Å². The maximum atomic E-state index is 5.86. The molecule has 0 saturated heterocycles. The molecule has 0 spiro atoms. The summed E-state index contributed by atoms with van der Waals surface area (Å²) in [6, 6.07) is 18.2. The number of rotatable bonds is 6. The van der Waals surface area contributed by atoms with Gasteiger partial charge in [0.1, 0.15) is 12.4 Å². The summed E-state index contributed by atoms with van der Waals surface area (Å²) < 4.78 is 7.72. The maximum absolute atomic E-state index is 5.86. The molecule has 0 saturated carbocycles. The molecule has 3 aromatic rings. The van der Waals surface area contributed by atoms with Crippen LogP contribution in [0.3, 0.4) is 0 Å². The number of hydrogen-bond acceptors (Lipinski definition) is 3. The van der Waals surface area contributed by atoms with Crippen LogP contribution in [0.1, 0.15) is 5.56 Å². The molecule has 0 atom stereocenters. The van der Waals surface area contributed by atoms with Crippen LogP contribution in [0.4, 0.5) is 0 Å². The zero-order valence-electron chi connectivity index (χ0n) is 12.4. The van der Waals surface area contributed by atoms with E-state index in [1.807, 2.05) is 53.5 Å². The van der Waals surface area contributed by atoms with Crippen LogP contribution in [0, 0.1) is 0 Å². The normalized spacial score (nSPS) is 10.6. The molecule has 1 aromatic heterocycles. The fourth-order valence-electron chi connectivity index (χ4n) is 2.27. The molecule has 4 heteroatoms. The second-order valence-corrected chi connectivity index (χ2v) is 5.08. The third-order valence-corrected chi connectivity index (χ3v) is 3.41. The Balaban J connectivity index is 1.71. The Labute approximate surface area is 130 Å². The highest BCUT2D eigenvalue weighted by molar-refractivity contribution is 5.63. The van der Waals surface area contributed by atoms with Gasteiger partial charge in [0.05, 0.1) is 12.7 Å². The van der Waals surface area contributed by atoms with E-state index in [0.717, 1.165) is 29.0 Å². The summed E-state index contributed by atoms with van der Waals surface area (Å²) in [6.07, 6.45) is 3.86. The van der Waals surface area contributed by atoms with E-state index in [0.29, 0.717) is 13.2 Å². The maximum Gasteiger partial charge on any atom is 0.120 e. The van der Waals surface area contributed by atoms with Crippen LogP contribution < -0.4 is 10.5 Å². The lowest BCUT2D eigenvalue weighted by Gasteiger charge is -2.07. The Kier molecular flexibility index (Phi) is 4.51. The van der Waals surface area contributed by atoms with E-state index >= 15 is 0 Å². The van der Waals surface area contributed by atoms with E-state index < -0.39 is 0 Å². The van der Waals surface area contributed by atoms with Crippen LogP contribution in [0.15, 0.2) is 67.0 Å². The molecule has 0 aliphatic carbocycles. The predicted molar refractivity (Wildman–Crippen MR) is 87.5 cm³/mol. The van der Waals surface area contributed by atoms with Crippen LogP contribution in [-0.2, 0) is 13.2 Å². The average molecular weight is 293 g/mol. The van der Waals surface area contributed by atoms with E-state index in [-0.39, 0.29) is 0 Å². The number of aromatic nitrogens is 2. The Morgan fingerprint density at radius 2 is 1.86 bits per heavy atom. The first kappa shape index (κ1) is 14.4. The Hall–Kier alpha value is -2.59. The largest absolute Gasteiger partial charge is 0.489 e. The van der Waals surface area contributed by atoms with Gasteiger partial charge in [-0.1, -0.05) is 42.5 Å². The van der Waals surface area contributed by atoms with Gasteiger partial charge in [-0.25, -0.2) is 0 Å². The zero-order chi connectivity index (χ0) is 15.2. The summed E-state index contributed by atoms with van der Waals surface area (Å²) in [4.78, 5) is 0. The van der Waals surface area contributed by atoms with Crippen molar-refractivity contribution in [2.45, 2.75) is 13.2 Å². The van der Waals surface area contributed by atoms with Gasteiger partial charge in [-0.3, -0.25) is 4.68 Å². The minimum atomic E-state index is 0.566. The van der Waals surface area contributed by atoms with Gasteiger partial charge in [-0.15, -0.1) is 0 Å². The van der Waals surface area contributed by atoms with Crippen molar-refractivity contribution >= 4 is 0 Å². The van der Waals surface area contributed by atoms with Crippen molar-refractivity contribution in [1.29, 1.82) is 0 Å². The molecule has 0 aliphatic rings. The topological polar surface area (TPSA) is 53.1 Å². The number of benzene rings is 2. The highest BCUT2D eigenvalue weighted by Crippen LogP contribution is 2.24. The molecule has 0 bridgehead atoms. The van der Waals surface area contributed by atoms with Crippen molar-refractivity contribution in [3.05, 3.63) is 72.6 Å². The summed E-state index contributed by atoms with van der Waals surface area (Å²) >= 11 is 0. The Bertz CT molecular complexity index is 722. The third-order valence-electron chi connectivity index (χ3n) is 3.41. The fraction of sp³-hybridized carbons (Fsp3) is 0.167. The predicted octanol–water partition coefficient (Wildman–Crippen LogP) is 3.09. The molecule has 3 rings (SSSR count). The summed E-state index contributed by atoms with van der Waals surface area (Å²) in [5.74, 6) is 0.855. The van der Waals surface area contributed by atoms with Gasteiger partial charge in [0, 0.05) is 18.3 Å². The number of hydrogen-bond donors (Lipinski definition) is 1. The summed E-state index contributed by atoms with van der Waals surface area (Å²) in [5.41, 5.74) is 8.86. The Morgan fingerprint density at radius 1 is 1.00 bits per heavy atom. The highest BCUT2D eigenvalue weighted by atomic mass is 16.5. The minimum Gasteiger partial charge on any atom is -0.489 e. The number of ether oxygens (including phenoxy) is 1. The molecule has 0 radical (unpaired) electrons. The lowest BCUT2D eigenvalue weighted by atomic mass is 10.1. The molecular formula is C18H19N3O. The molecular weight excluding hydrogens is 274 g/mol. The highest BCUT2D eigenvalue weighted by Gasteiger charge is 2.03. The first-order valence-electron chi connectivity index (χ1n) is 7.35. The molecule has 22 heavy (non-hydrogen) atoms. The second kappa shape index (κ2) is 6.91. The standard InChI is InChI=1S/C18H19N3O/c19-9-10-21-13-17(12-20-21)16-7-4-8-18(11-16)22-14-15-5-2-1-3-6-15/h1-8,11-13H,9-10,14,19H2. The van der Waals surface area contributed by atoms with E-state index in [9.17, 15) is 0 Å². The van der Waals surface area contributed by atoms with Crippen molar-refractivity contribution in [3.63, 3.8) is 0 Å². The molecule has 4 nitrogen and oxygen atoms in total. The molecule has 0 fully saturated rings. The molecule has 2 N–H and O–H groups in total. The molecule has 0 amide bonds. The van der Waals surface area contributed by atoms with Gasteiger partial charge in [-0.05, 0) is 23.3 Å². The molecule has 112 valence electrons. The number of nitrogens with zero attached hydrogens (tertiary/aromatic N) is 2. The van der Waals surface area contributed by atoms with Gasteiger partial charge in [0.15, 0.2) is 0 Å². The Morgan fingerprint density at radius 3 is 2.68 bits per heavy atom. The SMILES string of the molecule is NCCn1cc(-c2cccc(OCc3ccccc3)c2)cn1. The summed E-state index contributed by atoms with van der Waals surface area (Å²) in [6.45, 7) is 1.88. The van der Waals surface area contributed by atoms with Gasteiger partial charge >= 0.3 is 0 Å². The van der Waals surface area contributed by atoms with Crippen molar-refractivity contribution in [2.75, 3.05) is 6.54 Å². The second-order valence-electron chi connectivity index (χ2n) is 5.08. The lowest BCUT2D eigenvalue weighted by molar-refractivity contribution is 0.306. The third kappa shape index (κ3) is 3.54. The van der Waals surface area contributed by atoms with Gasteiger partial charge in [0.2, 0.25) is 0 Å². The van der Waals surface area contributed by atoms with E-state index in [1.54, 1.807) is 0 Å². The van der Waals surface area contributed by atoms with Crippen LogP contribution in [0.25, 0.3) is 11.1 Å². The summed E-state index contributed by atoms with van der Waals surface area (Å²) in [5, 5.41) is 4.30. The molecule has 1 heterocycles.